The molecule has 4 nitrogen and oxygen atoms in total. The summed E-state index contributed by atoms with van der Waals surface area (Å²) in [7, 11) is 0. The van der Waals surface area contributed by atoms with Gasteiger partial charge in [0.1, 0.15) is 11.6 Å². The molecule has 1 fully saturated rings. The quantitative estimate of drug-likeness (QED) is 0.933. The molecule has 1 aromatic heterocycles. The van der Waals surface area contributed by atoms with Crippen molar-refractivity contribution in [3.63, 3.8) is 0 Å². The van der Waals surface area contributed by atoms with E-state index < -0.39 is 11.6 Å². The monoisotopic (exact) mass is 277 g/mol. The van der Waals surface area contributed by atoms with E-state index in [1.54, 1.807) is 4.90 Å². The Bertz CT molecular complexity index is 623. The third-order valence-corrected chi connectivity index (χ3v) is 3.35. The lowest BCUT2D eigenvalue weighted by Crippen LogP contribution is -2.32. The van der Waals surface area contributed by atoms with E-state index in [4.69, 9.17) is 0 Å². The van der Waals surface area contributed by atoms with Gasteiger partial charge in [-0.05, 0) is 18.9 Å². The molecule has 1 aliphatic rings. The molecule has 6 heteroatoms. The molecular weight excluding hydrogens is 264 g/mol. The molecule has 2 aromatic rings. The Hall–Kier alpha value is -2.24. The van der Waals surface area contributed by atoms with Crippen LogP contribution < -0.4 is 0 Å². The van der Waals surface area contributed by atoms with Crippen molar-refractivity contribution in [1.82, 2.24) is 15.1 Å². The van der Waals surface area contributed by atoms with E-state index >= 15 is 0 Å². The van der Waals surface area contributed by atoms with Crippen molar-refractivity contribution in [3.8, 4) is 0 Å². The number of nitrogens with one attached hydrogen (secondary N) is 1. The van der Waals surface area contributed by atoms with Crippen LogP contribution in [-0.2, 0) is 6.54 Å². The Morgan fingerprint density at radius 3 is 2.80 bits per heavy atom. The SMILES string of the molecule is O=C(c1cn[nH]c1)N(Cc1ccc(F)cc1F)C1CC1. The number of amides is 1. The molecule has 20 heavy (non-hydrogen) atoms. The van der Waals surface area contributed by atoms with Crippen LogP contribution in [0, 0.1) is 11.6 Å². The summed E-state index contributed by atoms with van der Waals surface area (Å²) in [5.74, 6) is -1.44. The zero-order valence-corrected chi connectivity index (χ0v) is 10.6. The minimum Gasteiger partial charge on any atom is -0.331 e. The van der Waals surface area contributed by atoms with Crippen LogP contribution in [0.1, 0.15) is 28.8 Å². The fourth-order valence-corrected chi connectivity index (χ4v) is 2.12. The summed E-state index contributed by atoms with van der Waals surface area (Å²) >= 11 is 0. The van der Waals surface area contributed by atoms with Gasteiger partial charge in [0.15, 0.2) is 0 Å². The first-order valence-electron chi connectivity index (χ1n) is 6.39. The number of H-pyrrole nitrogens is 1. The highest BCUT2D eigenvalue weighted by molar-refractivity contribution is 5.94. The van der Waals surface area contributed by atoms with E-state index in [1.165, 1.54) is 24.5 Å². The molecule has 1 saturated carbocycles. The zero-order valence-electron chi connectivity index (χ0n) is 10.6. The third kappa shape index (κ3) is 2.54. The van der Waals surface area contributed by atoms with E-state index in [0.29, 0.717) is 11.1 Å². The second-order valence-corrected chi connectivity index (χ2v) is 4.89. The van der Waals surface area contributed by atoms with Gasteiger partial charge >= 0.3 is 0 Å². The first-order valence-corrected chi connectivity index (χ1v) is 6.39. The van der Waals surface area contributed by atoms with Crippen molar-refractivity contribution >= 4 is 5.91 Å². The average molecular weight is 277 g/mol. The van der Waals surface area contributed by atoms with Crippen molar-refractivity contribution < 1.29 is 13.6 Å². The molecule has 3 rings (SSSR count). The van der Waals surface area contributed by atoms with Crippen molar-refractivity contribution in [1.29, 1.82) is 0 Å². The highest BCUT2D eigenvalue weighted by Gasteiger charge is 2.33. The predicted octanol–water partition coefficient (Wildman–Crippen LogP) is 2.49. The number of aromatic nitrogens is 2. The number of aromatic amines is 1. The van der Waals surface area contributed by atoms with Crippen LogP contribution in [0.3, 0.4) is 0 Å². The fraction of sp³-hybridized carbons (Fsp3) is 0.286. The highest BCUT2D eigenvalue weighted by atomic mass is 19.1. The standard InChI is InChI=1S/C14H13F2N3O/c15-11-2-1-9(13(16)5-11)8-19(12-3-4-12)14(20)10-6-17-18-7-10/h1-2,5-7,12H,3-4,8H2,(H,17,18). The Balaban J connectivity index is 1.83. The third-order valence-electron chi connectivity index (χ3n) is 3.35. The van der Waals surface area contributed by atoms with Gasteiger partial charge in [0.2, 0.25) is 0 Å². The van der Waals surface area contributed by atoms with Crippen molar-refractivity contribution in [2.24, 2.45) is 0 Å². The first-order chi connectivity index (χ1) is 9.65. The fourth-order valence-electron chi connectivity index (χ4n) is 2.12. The molecule has 0 atom stereocenters. The van der Waals surface area contributed by atoms with Crippen LogP contribution in [0.4, 0.5) is 8.78 Å². The largest absolute Gasteiger partial charge is 0.331 e. The van der Waals surface area contributed by atoms with Gasteiger partial charge in [-0.1, -0.05) is 6.07 Å². The van der Waals surface area contributed by atoms with Gasteiger partial charge in [0.25, 0.3) is 5.91 Å². The maximum Gasteiger partial charge on any atom is 0.257 e. The zero-order chi connectivity index (χ0) is 14.1. The molecule has 0 bridgehead atoms. The molecule has 0 spiro atoms. The summed E-state index contributed by atoms with van der Waals surface area (Å²) in [4.78, 5) is 14.0. The molecule has 1 amide bonds. The number of benzene rings is 1. The van der Waals surface area contributed by atoms with E-state index in [2.05, 4.69) is 10.2 Å². The molecule has 0 saturated heterocycles. The van der Waals surface area contributed by atoms with Crippen molar-refractivity contribution in [2.75, 3.05) is 0 Å². The van der Waals surface area contributed by atoms with Gasteiger partial charge in [0, 0.05) is 30.4 Å². The van der Waals surface area contributed by atoms with Gasteiger partial charge in [-0.3, -0.25) is 9.89 Å². The molecule has 0 aliphatic heterocycles. The Morgan fingerprint density at radius 1 is 1.40 bits per heavy atom. The highest BCUT2D eigenvalue weighted by Crippen LogP contribution is 2.30. The maximum absolute atomic E-state index is 13.7. The summed E-state index contributed by atoms with van der Waals surface area (Å²) in [5, 5.41) is 6.33. The summed E-state index contributed by atoms with van der Waals surface area (Å²) < 4.78 is 26.6. The van der Waals surface area contributed by atoms with E-state index in [0.717, 1.165) is 18.9 Å². The van der Waals surface area contributed by atoms with E-state index in [-0.39, 0.29) is 18.5 Å². The number of carbonyl (C=O) groups excluding carboxylic acids is 1. The van der Waals surface area contributed by atoms with Crippen molar-refractivity contribution in [2.45, 2.75) is 25.4 Å². The number of halogens is 2. The van der Waals surface area contributed by atoms with Crippen LogP contribution in [0.25, 0.3) is 0 Å². The van der Waals surface area contributed by atoms with Crippen LogP contribution in [0.5, 0.6) is 0 Å². The molecule has 1 aliphatic carbocycles. The summed E-state index contributed by atoms with van der Waals surface area (Å²) in [6.07, 6.45) is 4.77. The second-order valence-electron chi connectivity index (χ2n) is 4.89. The molecule has 104 valence electrons. The summed E-state index contributed by atoms with van der Waals surface area (Å²) in [6, 6.07) is 3.54. The van der Waals surface area contributed by atoms with Crippen LogP contribution in [0.15, 0.2) is 30.6 Å². The molecule has 1 heterocycles. The lowest BCUT2D eigenvalue weighted by atomic mass is 10.1. The Kier molecular flexibility index (Phi) is 3.22. The normalized spacial score (nSPS) is 14.3. The number of carbonyl (C=O) groups is 1. The second kappa shape index (κ2) is 5.03. The molecule has 0 radical (unpaired) electrons. The van der Waals surface area contributed by atoms with Crippen LogP contribution in [-0.4, -0.2) is 27.0 Å². The van der Waals surface area contributed by atoms with Crippen molar-refractivity contribution in [3.05, 3.63) is 53.4 Å². The van der Waals surface area contributed by atoms with E-state index in [9.17, 15) is 13.6 Å². The molecule has 1 N–H and O–H groups in total. The van der Waals surface area contributed by atoms with Gasteiger partial charge in [-0.25, -0.2) is 8.78 Å². The van der Waals surface area contributed by atoms with Gasteiger partial charge in [-0.2, -0.15) is 5.10 Å². The lowest BCUT2D eigenvalue weighted by Gasteiger charge is -2.22. The molecule has 0 unspecified atom stereocenters. The first kappa shape index (κ1) is 12.8. The number of nitrogens with zero attached hydrogens (tertiary/aromatic N) is 2. The van der Waals surface area contributed by atoms with Gasteiger partial charge in [-0.15, -0.1) is 0 Å². The smallest absolute Gasteiger partial charge is 0.257 e. The lowest BCUT2D eigenvalue weighted by molar-refractivity contribution is 0.0728. The van der Waals surface area contributed by atoms with Crippen LogP contribution >= 0.6 is 0 Å². The van der Waals surface area contributed by atoms with Crippen LogP contribution in [0.2, 0.25) is 0 Å². The summed E-state index contributed by atoms with van der Waals surface area (Å²) in [5.41, 5.74) is 0.759. The molecule has 1 aromatic carbocycles. The van der Waals surface area contributed by atoms with Gasteiger partial charge < -0.3 is 4.90 Å². The summed E-state index contributed by atoms with van der Waals surface area (Å²) in [6.45, 7) is 0.140. The van der Waals surface area contributed by atoms with Gasteiger partial charge in [0.05, 0.1) is 11.8 Å². The minimum absolute atomic E-state index is 0.127. The number of hydrogen-bond acceptors (Lipinski definition) is 2. The minimum atomic E-state index is -0.629. The van der Waals surface area contributed by atoms with E-state index in [1.807, 2.05) is 0 Å². The predicted molar refractivity (Wildman–Crippen MR) is 67.8 cm³/mol. The molecular formula is C14H13F2N3O. The maximum atomic E-state index is 13.7. The Labute approximate surface area is 114 Å². The number of hydrogen-bond donors (Lipinski definition) is 1. The Morgan fingerprint density at radius 2 is 2.20 bits per heavy atom. The number of rotatable bonds is 4. The topological polar surface area (TPSA) is 49.0 Å². The average Bonchev–Trinajstić information content (AvgIpc) is 3.11.